The first-order valence-corrected chi connectivity index (χ1v) is 10.6. The maximum Gasteiger partial charge on any atom is 0.165 e. The van der Waals surface area contributed by atoms with Crippen LogP contribution in [0, 0.1) is 22.6 Å². The SMILES string of the molecule is COc1ccc(CN(CC2(C3OCC(N)CO3)CCC2)c2ccc(C#N)cc2)cc1F. The molecule has 1 aliphatic carbocycles. The average Bonchev–Trinajstić information content (AvgIpc) is 2.76. The van der Waals surface area contributed by atoms with E-state index in [0.717, 1.165) is 30.5 Å². The van der Waals surface area contributed by atoms with Crippen LogP contribution in [0.2, 0.25) is 0 Å². The molecule has 0 unspecified atom stereocenters. The van der Waals surface area contributed by atoms with Gasteiger partial charge in [-0.25, -0.2) is 4.39 Å². The van der Waals surface area contributed by atoms with E-state index >= 15 is 0 Å². The molecular weight excluding hydrogens is 397 g/mol. The third-order valence-corrected chi connectivity index (χ3v) is 6.23. The summed E-state index contributed by atoms with van der Waals surface area (Å²) in [4.78, 5) is 2.21. The van der Waals surface area contributed by atoms with Gasteiger partial charge in [-0.2, -0.15) is 5.26 Å². The van der Waals surface area contributed by atoms with E-state index in [2.05, 4.69) is 11.0 Å². The van der Waals surface area contributed by atoms with E-state index in [1.54, 1.807) is 18.2 Å². The predicted molar refractivity (Wildman–Crippen MR) is 115 cm³/mol. The second kappa shape index (κ2) is 9.23. The molecule has 1 saturated carbocycles. The van der Waals surface area contributed by atoms with Crippen LogP contribution >= 0.6 is 0 Å². The molecule has 0 amide bonds. The number of nitriles is 1. The van der Waals surface area contributed by atoms with E-state index in [9.17, 15) is 4.39 Å². The molecular formula is C24H28FN3O3. The molecule has 31 heavy (non-hydrogen) atoms. The molecule has 1 saturated heterocycles. The van der Waals surface area contributed by atoms with Gasteiger partial charge in [0.1, 0.15) is 0 Å². The van der Waals surface area contributed by atoms with Crippen molar-refractivity contribution in [3.8, 4) is 11.8 Å². The highest BCUT2D eigenvalue weighted by molar-refractivity contribution is 5.51. The molecule has 4 rings (SSSR count). The highest BCUT2D eigenvalue weighted by atomic mass is 19.1. The molecule has 1 heterocycles. The normalized spacial score (nSPS) is 22.3. The van der Waals surface area contributed by atoms with Crippen LogP contribution in [0.15, 0.2) is 42.5 Å². The Morgan fingerprint density at radius 3 is 2.45 bits per heavy atom. The lowest BCUT2D eigenvalue weighted by atomic mass is 9.67. The van der Waals surface area contributed by atoms with Gasteiger partial charge in [-0.3, -0.25) is 0 Å². The maximum absolute atomic E-state index is 14.3. The molecule has 2 aromatic rings. The largest absolute Gasteiger partial charge is 0.494 e. The second-order valence-electron chi connectivity index (χ2n) is 8.46. The van der Waals surface area contributed by atoms with Gasteiger partial charge in [0.15, 0.2) is 17.9 Å². The predicted octanol–water partition coefficient (Wildman–Crippen LogP) is 3.58. The summed E-state index contributed by atoms with van der Waals surface area (Å²) >= 11 is 0. The van der Waals surface area contributed by atoms with Crippen LogP contribution < -0.4 is 15.4 Å². The zero-order valence-corrected chi connectivity index (χ0v) is 17.7. The standard InChI is InChI=1S/C24H28FN3O3/c1-29-22-8-5-18(11-21(22)25)13-28(20-6-3-17(12-26)4-7-20)16-24(9-2-10-24)23-30-14-19(27)15-31-23/h3-8,11,19,23H,2,9-10,13-16,27H2,1H3. The van der Waals surface area contributed by atoms with E-state index in [-0.39, 0.29) is 29.3 Å². The number of nitrogens with two attached hydrogens (primary N) is 1. The number of nitrogens with zero attached hydrogens (tertiary/aromatic N) is 2. The Bertz CT molecular complexity index is 932. The van der Waals surface area contributed by atoms with Crippen molar-refractivity contribution in [3.63, 3.8) is 0 Å². The quantitative estimate of drug-likeness (QED) is 0.730. The molecule has 0 spiro atoms. The van der Waals surface area contributed by atoms with E-state index < -0.39 is 0 Å². The van der Waals surface area contributed by atoms with Crippen LogP contribution in [-0.2, 0) is 16.0 Å². The van der Waals surface area contributed by atoms with Crippen LogP contribution in [0.25, 0.3) is 0 Å². The Morgan fingerprint density at radius 2 is 1.90 bits per heavy atom. The molecule has 0 radical (unpaired) electrons. The molecule has 164 valence electrons. The van der Waals surface area contributed by atoms with Crippen LogP contribution in [-0.4, -0.2) is 39.2 Å². The summed E-state index contributed by atoms with van der Waals surface area (Å²) in [6.45, 7) is 2.20. The van der Waals surface area contributed by atoms with Crippen molar-refractivity contribution in [2.75, 3.05) is 31.8 Å². The van der Waals surface area contributed by atoms with E-state index in [0.29, 0.717) is 31.9 Å². The van der Waals surface area contributed by atoms with Gasteiger partial charge < -0.3 is 24.8 Å². The number of hydrogen-bond donors (Lipinski definition) is 1. The third kappa shape index (κ3) is 4.67. The topological polar surface area (TPSA) is 80.7 Å². The molecule has 0 aromatic heterocycles. The van der Waals surface area contributed by atoms with Crippen LogP contribution in [0.4, 0.5) is 10.1 Å². The summed E-state index contributed by atoms with van der Waals surface area (Å²) in [6, 6.07) is 14.6. The first-order chi connectivity index (χ1) is 15.0. The summed E-state index contributed by atoms with van der Waals surface area (Å²) in [5, 5.41) is 9.15. The number of benzene rings is 2. The molecule has 6 nitrogen and oxygen atoms in total. The molecule has 1 aliphatic heterocycles. The molecule has 0 atom stereocenters. The summed E-state index contributed by atoms with van der Waals surface area (Å²) < 4.78 is 31.3. The Morgan fingerprint density at radius 1 is 1.19 bits per heavy atom. The Labute approximate surface area is 182 Å². The highest BCUT2D eigenvalue weighted by Crippen LogP contribution is 2.47. The van der Waals surface area contributed by atoms with Crippen molar-refractivity contribution in [2.24, 2.45) is 11.1 Å². The monoisotopic (exact) mass is 425 g/mol. The fourth-order valence-electron chi connectivity index (χ4n) is 4.37. The van der Waals surface area contributed by atoms with Crippen molar-refractivity contribution >= 4 is 5.69 Å². The molecule has 2 aliphatic rings. The number of hydrogen-bond acceptors (Lipinski definition) is 6. The van der Waals surface area contributed by atoms with Gasteiger partial charge in [0.2, 0.25) is 0 Å². The van der Waals surface area contributed by atoms with Gasteiger partial charge >= 0.3 is 0 Å². The fourth-order valence-corrected chi connectivity index (χ4v) is 4.37. The number of methoxy groups -OCH3 is 1. The van der Waals surface area contributed by atoms with Crippen LogP contribution in [0.5, 0.6) is 5.75 Å². The first-order valence-electron chi connectivity index (χ1n) is 10.6. The molecule has 7 heteroatoms. The lowest BCUT2D eigenvalue weighted by Crippen LogP contribution is -2.56. The van der Waals surface area contributed by atoms with Gasteiger partial charge in [-0.1, -0.05) is 12.5 Å². The Hall–Kier alpha value is -2.66. The second-order valence-corrected chi connectivity index (χ2v) is 8.46. The van der Waals surface area contributed by atoms with Gasteiger partial charge in [0.25, 0.3) is 0 Å². The summed E-state index contributed by atoms with van der Waals surface area (Å²) in [5.41, 5.74) is 8.19. The van der Waals surface area contributed by atoms with Crippen LogP contribution in [0.1, 0.15) is 30.4 Å². The minimum absolute atomic E-state index is 0.0923. The smallest absolute Gasteiger partial charge is 0.165 e. The number of ether oxygens (including phenoxy) is 3. The van der Waals surface area contributed by atoms with E-state index in [4.69, 9.17) is 25.2 Å². The third-order valence-electron chi connectivity index (χ3n) is 6.23. The minimum Gasteiger partial charge on any atom is -0.494 e. The molecule has 0 bridgehead atoms. The highest BCUT2D eigenvalue weighted by Gasteiger charge is 2.48. The first kappa shape index (κ1) is 21.6. The van der Waals surface area contributed by atoms with Gasteiger partial charge in [-0.05, 0) is 54.8 Å². The van der Waals surface area contributed by atoms with E-state index in [1.807, 2.05) is 18.2 Å². The lowest BCUT2D eigenvalue weighted by molar-refractivity contribution is -0.256. The van der Waals surface area contributed by atoms with Gasteiger partial charge in [-0.15, -0.1) is 0 Å². The van der Waals surface area contributed by atoms with Crippen molar-refractivity contribution in [1.82, 2.24) is 0 Å². The minimum atomic E-state index is -0.383. The summed E-state index contributed by atoms with van der Waals surface area (Å²) in [6.07, 6.45) is 2.82. The summed E-state index contributed by atoms with van der Waals surface area (Å²) in [5.74, 6) is -0.157. The zero-order chi connectivity index (χ0) is 21.8. The van der Waals surface area contributed by atoms with Crippen molar-refractivity contribution in [2.45, 2.75) is 38.1 Å². The summed E-state index contributed by atoms with van der Waals surface area (Å²) in [7, 11) is 1.46. The number of halogens is 1. The lowest BCUT2D eigenvalue weighted by Gasteiger charge is -2.51. The van der Waals surface area contributed by atoms with Crippen molar-refractivity contribution < 1.29 is 18.6 Å². The number of anilines is 1. The number of rotatable bonds is 7. The van der Waals surface area contributed by atoms with Gasteiger partial charge in [0.05, 0.1) is 38.0 Å². The van der Waals surface area contributed by atoms with Crippen molar-refractivity contribution in [1.29, 1.82) is 5.26 Å². The fraction of sp³-hybridized carbons (Fsp3) is 0.458. The van der Waals surface area contributed by atoms with Crippen LogP contribution in [0.3, 0.4) is 0 Å². The van der Waals surface area contributed by atoms with Gasteiger partial charge in [0, 0.05) is 24.2 Å². The maximum atomic E-state index is 14.3. The molecule has 2 N–H and O–H groups in total. The molecule has 2 fully saturated rings. The Kier molecular flexibility index (Phi) is 6.42. The van der Waals surface area contributed by atoms with Crippen molar-refractivity contribution in [3.05, 3.63) is 59.4 Å². The molecule has 2 aromatic carbocycles. The average molecular weight is 426 g/mol. The Balaban J connectivity index is 1.60. The zero-order valence-electron chi connectivity index (χ0n) is 17.7. The van der Waals surface area contributed by atoms with E-state index in [1.165, 1.54) is 13.2 Å².